The van der Waals surface area contributed by atoms with Crippen LogP contribution in [-0.4, -0.2) is 37.1 Å². The highest BCUT2D eigenvalue weighted by molar-refractivity contribution is 7.10. The predicted molar refractivity (Wildman–Crippen MR) is 117 cm³/mol. The lowest BCUT2D eigenvalue weighted by atomic mass is 10.00. The van der Waals surface area contributed by atoms with Crippen LogP contribution in [0.15, 0.2) is 30.3 Å². The fraction of sp³-hybridized carbons (Fsp3) is 0.286. The topological polar surface area (TPSA) is 94.8 Å². The van der Waals surface area contributed by atoms with Crippen LogP contribution in [0.25, 0.3) is 22.4 Å². The van der Waals surface area contributed by atoms with Crippen LogP contribution in [0.5, 0.6) is 5.88 Å². The van der Waals surface area contributed by atoms with Crippen LogP contribution in [0.4, 0.5) is 5.13 Å². The number of benzene rings is 1. The molecule has 30 heavy (non-hydrogen) atoms. The molecule has 0 aliphatic carbocycles. The highest BCUT2D eigenvalue weighted by Gasteiger charge is 2.19. The van der Waals surface area contributed by atoms with Gasteiger partial charge in [0.15, 0.2) is 11.5 Å². The molecule has 3 heterocycles. The Bertz CT molecular complexity index is 1220. The Morgan fingerprint density at radius 1 is 1.20 bits per heavy atom. The van der Waals surface area contributed by atoms with Crippen LogP contribution in [0.2, 0.25) is 0 Å². The first-order valence-electron chi connectivity index (χ1n) is 9.53. The average Bonchev–Trinajstić information content (AvgIpc) is 3.33. The molecule has 0 unspecified atom stereocenters. The van der Waals surface area contributed by atoms with E-state index < -0.39 is 0 Å². The number of pyridine rings is 1. The number of fused-ring (bicyclic) bond motifs is 1. The van der Waals surface area contributed by atoms with E-state index in [1.165, 1.54) is 11.5 Å². The molecule has 1 N–H and O–H groups in total. The number of rotatable bonds is 6. The van der Waals surface area contributed by atoms with Crippen LogP contribution in [0.1, 0.15) is 23.2 Å². The van der Waals surface area contributed by atoms with Crippen molar-refractivity contribution >= 4 is 33.6 Å². The zero-order chi connectivity index (χ0) is 21.3. The zero-order valence-corrected chi connectivity index (χ0v) is 18.1. The SMILES string of the molecule is COc1nn(C)c2nc(C)c(CCC(=O)Nc3nc(-c4ccccc4)ns3)c(C)c12. The minimum absolute atomic E-state index is 0.109. The van der Waals surface area contributed by atoms with Crippen LogP contribution in [0, 0.1) is 13.8 Å². The Hall–Kier alpha value is -3.33. The molecule has 1 aromatic carbocycles. The molecule has 3 aromatic heterocycles. The molecule has 4 rings (SSSR count). The number of carbonyl (C=O) groups is 1. The van der Waals surface area contributed by atoms with Gasteiger partial charge in [-0.25, -0.2) is 9.67 Å². The molecule has 1 amide bonds. The third-order valence-electron chi connectivity index (χ3n) is 5.02. The maximum absolute atomic E-state index is 12.5. The van der Waals surface area contributed by atoms with Gasteiger partial charge in [0.25, 0.3) is 0 Å². The summed E-state index contributed by atoms with van der Waals surface area (Å²) < 4.78 is 11.4. The summed E-state index contributed by atoms with van der Waals surface area (Å²) in [6.45, 7) is 3.97. The molecule has 0 aliphatic heterocycles. The lowest BCUT2D eigenvalue weighted by Gasteiger charge is -2.11. The van der Waals surface area contributed by atoms with E-state index in [2.05, 4.69) is 24.8 Å². The summed E-state index contributed by atoms with van der Waals surface area (Å²) in [4.78, 5) is 21.6. The van der Waals surface area contributed by atoms with E-state index in [0.29, 0.717) is 29.7 Å². The van der Waals surface area contributed by atoms with Gasteiger partial charge in [-0.1, -0.05) is 30.3 Å². The summed E-state index contributed by atoms with van der Waals surface area (Å²) in [7, 11) is 3.44. The van der Waals surface area contributed by atoms with Crippen molar-refractivity contribution in [3.63, 3.8) is 0 Å². The summed E-state index contributed by atoms with van der Waals surface area (Å²) in [5, 5.41) is 8.60. The highest BCUT2D eigenvalue weighted by atomic mass is 32.1. The molecule has 0 atom stereocenters. The average molecular weight is 423 g/mol. The number of nitrogens with zero attached hydrogens (tertiary/aromatic N) is 5. The van der Waals surface area contributed by atoms with E-state index in [9.17, 15) is 4.79 Å². The first-order chi connectivity index (χ1) is 14.5. The molecule has 9 heteroatoms. The number of ether oxygens (including phenoxy) is 1. The molecule has 0 spiro atoms. The first kappa shape index (κ1) is 20.0. The molecule has 4 aromatic rings. The van der Waals surface area contributed by atoms with Crippen molar-refractivity contribution in [3.8, 4) is 17.3 Å². The van der Waals surface area contributed by atoms with Crippen molar-refractivity contribution in [1.82, 2.24) is 24.1 Å². The Morgan fingerprint density at radius 3 is 2.70 bits per heavy atom. The van der Waals surface area contributed by atoms with Gasteiger partial charge in [0.05, 0.1) is 12.5 Å². The number of hydrogen-bond donors (Lipinski definition) is 1. The Labute approximate surface area is 178 Å². The Morgan fingerprint density at radius 2 is 1.97 bits per heavy atom. The van der Waals surface area contributed by atoms with E-state index >= 15 is 0 Å². The van der Waals surface area contributed by atoms with E-state index in [-0.39, 0.29) is 5.91 Å². The summed E-state index contributed by atoms with van der Waals surface area (Å²) in [5.74, 6) is 1.05. The normalized spacial score (nSPS) is 11.1. The maximum atomic E-state index is 12.5. The number of hydrogen-bond acceptors (Lipinski definition) is 7. The lowest BCUT2D eigenvalue weighted by Crippen LogP contribution is -2.13. The van der Waals surface area contributed by atoms with Crippen molar-refractivity contribution in [2.45, 2.75) is 26.7 Å². The van der Waals surface area contributed by atoms with Gasteiger partial charge in [0.1, 0.15) is 0 Å². The summed E-state index contributed by atoms with van der Waals surface area (Å²) in [6, 6.07) is 9.68. The number of amides is 1. The number of aromatic nitrogens is 5. The smallest absolute Gasteiger partial charge is 0.242 e. The second-order valence-electron chi connectivity index (χ2n) is 6.97. The van der Waals surface area contributed by atoms with E-state index in [1.54, 1.807) is 11.8 Å². The highest BCUT2D eigenvalue weighted by Crippen LogP contribution is 2.30. The minimum Gasteiger partial charge on any atom is -0.479 e. The monoisotopic (exact) mass is 422 g/mol. The molecule has 0 bridgehead atoms. The van der Waals surface area contributed by atoms with E-state index in [0.717, 1.165) is 33.4 Å². The fourth-order valence-electron chi connectivity index (χ4n) is 3.51. The van der Waals surface area contributed by atoms with Crippen LogP contribution >= 0.6 is 11.5 Å². The number of nitrogens with one attached hydrogen (secondary N) is 1. The van der Waals surface area contributed by atoms with Crippen LogP contribution in [0.3, 0.4) is 0 Å². The van der Waals surface area contributed by atoms with Gasteiger partial charge < -0.3 is 10.1 Å². The Balaban J connectivity index is 1.48. The van der Waals surface area contributed by atoms with Gasteiger partial charge in [-0.15, -0.1) is 5.10 Å². The summed E-state index contributed by atoms with van der Waals surface area (Å²) >= 11 is 1.18. The van der Waals surface area contributed by atoms with E-state index in [4.69, 9.17) is 4.74 Å². The third kappa shape index (κ3) is 3.76. The largest absolute Gasteiger partial charge is 0.479 e. The maximum Gasteiger partial charge on any atom is 0.242 e. The number of aryl methyl sites for hydroxylation is 3. The fourth-order valence-corrected chi connectivity index (χ4v) is 4.11. The molecule has 0 fully saturated rings. The molecule has 0 radical (unpaired) electrons. The molecule has 0 saturated heterocycles. The van der Waals surface area contributed by atoms with Gasteiger partial charge in [-0.3, -0.25) is 4.79 Å². The number of anilines is 1. The summed E-state index contributed by atoms with van der Waals surface area (Å²) in [5.41, 5.74) is 4.66. The van der Waals surface area contributed by atoms with Gasteiger partial charge in [-0.2, -0.15) is 9.36 Å². The van der Waals surface area contributed by atoms with Crippen molar-refractivity contribution in [1.29, 1.82) is 0 Å². The van der Waals surface area contributed by atoms with Gasteiger partial charge in [0, 0.05) is 36.3 Å². The number of carbonyl (C=O) groups excluding carboxylic acids is 1. The molecule has 0 aliphatic rings. The van der Waals surface area contributed by atoms with Crippen LogP contribution < -0.4 is 10.1 Å². The molecule has 8 nitrogen and oxygen atoms in total. The van der Waals surface area contributed by atoms with Crippen molar-refractivity contribution < 1.29 is 9.53 Å². The van der Waals surface area contributed by atoms with E-state index in [1.807, 2.05) is 51.2 Å². The second kappa shape index (κ2) is 8.19. The third-order valence-corrected chi connectivity index (χ3v) is 5.65. The molecule has 154 valence electrons. The van der Waals surface area contributed by atoms with Gasteiger partial charge in [0.2, 0.25) is 16.9 Å². The molecule has 0 saturated carbocycles. The van der Waals surface area contributed by atoms with Crippen molar-refractivity contribution in [2.75, 3.05) is 12.4 Å². The lowest BCUT2D eigenvalue weighted by molar-refractivity contribution is -0.116. The minimum atomic E-state index is -0.109. The van der Waals surface area contributed by atoms with Gasteiger partial charge >= 0.3 is 0 Å². The van der Waals surface area contributed by atoms with Crippen molar-refractivity contribution in [3.05, 3.63) is 47.2 Å². The second-order valence-corrected chi connectivity index (χ2v) is 7.72. The van der Waals surface area contributed by atoms with Gasteiger partial charge in [-0.05, 0) is 31.4 Å². The standard InChI is InChI=1S/C21H22N6O2S/c1-12-15(13(2)22-19-17(12)20(29-4)25-27(19)3)10-11-16(28)23-21-24-18(26-30-21)14-8-6-5-7-9-14/h5-9H,10-11H2,1-4H3,(H,23,24,26,28). The van der Waals surface area contributed by atoms with Crippen molar-refractivity contribution in [2.24, 2.45) is 7.05 Å². The van der Waals surface area contributed by atoms with Crippen LogP contribution in [-0.2, 0) is 18.3 Å². The molecular weight excluding hydrogens is 400 g/mol. The zero-order valence-electron chi connectivity index (χ0n) is 17.3. The quantitative estimate of drug-likeness (QED) is 0.509. The first-order valence-corrected chi connectivity index (χ1v) is 10.3. The Kier molecular flexibility index (Phi) is 5.45. The summed E-state index contributed by atoms with van der Waals surface area (Å²) in [6.07, 6.45) is 0.881. The molecular formula is C21H22N6O2S. The predicted octanol–water partition coefficient (Wildman–Crippen LogP) is 3.68. The number of methoxy groups -OCH3 is 1.